The highest BCUT2D eigenvalue weighted by atomic mass is 32.2. The first kappa shape index (κ1) is 16.3. The van der Waals surface area contributed by atoms with Gasteiger partial charge in [0, 0.05) is 5.69 Å². The van der Waals surface area contributed by atoms with Crippen LogP contribution in [0.5, 0.6) is 0 Å². The van der Waals surface area contributed by atoms with Gasteiger partial charge in [0.2, 0.25) is 0 Å². The monoisotopic (exact) mass is 297 g/mol. The maximum Gasteiger partial charge on any atom is 0.326 e. The fraction of sp³-hybridized carbons (Fsp3) is 0.462. The van der Waals surface area contributed by atoms with Gasteiger partial charge in [-0.2, -0.15) is 11.8 Å². The van der Waals surface area contributed by atoms with E-state index in [1.165, 1.54) is 11.8 Å². The van der Waals surface area contributed by atoms with Crippen molar-refractivity contribution in [3.63, 3.8) is 0 Å². The van der Waals surface area contributed by atoms with Crippen molar-refractivity contribution >= 4 is 29.4 Å². The van der Waals surface area contributed by atoms with E-state index in [2.05, 4.69) is 15.6 Å². The second-order valence-corrected chi connectivity index (χ2v) is 5.34. The third-order valence-electron chi connectivity index (χ3n) is 2.69. The minimum absolute atomic E-state index is 0.384. The van der Waals surface area contributed by atoms with Crippen LogP contribution in [0.2, 0.25) is 0 Å². The van der Waals surface area contributed by atoms with Gasteiger partial charge in [0.15, 0.2) is 0 Å². The lowest BCUT2D eigenvalue weighted by Crippen LogP contribution is -2.43. The van der Waals surface area contributed by atoms with Crippen molar-refractivity contribution in [2.24, 2.45) is 0 Å². The average Bonchev–Trinajstić information content (AvgIpc) is 2.37. The van der Waals surface area contributed by atoms with Gasteiger partial charge in [0.25, 0.3) is 0 Å². The summed E-state index contributed by atoms with van der Waals surface area (Å²) in [6, 6.07) is 2.10. The molecule has 20 heavy (non-hydrogen) atoms. The third-order valence-corrected chi connectivity index (χ3v) is 3.33. The minimum Gasteiger partial charge on any atom is -0.480 e. The van der Waals surface area contributed by atoms with E-state index in [9.17, 15) is 9.59 Å². The molecule has 1 aromatic rings. The molecule has 0 saturated heterocycles. The number of thioether (sulfide) groups is 1. The predicted octanol–water partition coefficient (Wildman–Crippen LogP) is 2.03. The van der Waals surface area contributed by atoms with Crippen LogP contribution in [0.3, 0.4) is 0 Å². The fourth-order valence-corrected chi connectivity index (χ4v) is 2.10. The van der Waals surface area contributed by atoms with Gasteiger partial charge in [0.1, 0.15) is 6.04 Å². The van der Waals surface area contributed by atoms with Crippen LogP contribution in [0, 0.1) is 13.8 Å². The molecule has 0 aliphatic carbocycles. The number of hydrogen-bond donors (Lipinski definition) is 3. The Bertz CT molecular complexity index is 494. The van der Waals surface area contributed by atoms with Gasteiger partial charge < -0.3 is 15.7 Å². The Morgan fingerprint density at radius 2 is 2.10 bits per heavy atom. The van der Waals surface area contributed by atoms with E-state index in [1.54, 1.807) is 19.1 Å². The molecule has 0 spiro atoms. The Morgan fingerprint density at radius 3 is 2.65 bits per heavy atom. The molecule has 2 amide bonds. The Labute approximate surface area is 122 Å². The molecule has 7 heteroatoms. The summed E-state index contributed by atoms with van der Waals surface area (Å²) < 4.78 is 0. The highest BCUT2D eigenvalue weighted by molar-refractivity contribution is 7.98. The lowest BCUT2D eigenvalue weighted by Gasteiger charge is -2.15. The number of nitrogens with one attached hydrogen (secondary N) is 2. The molecule has 6 nitrogen and oxygen atoms in total. The number of hydrogen-bond acceptors (Lipinski definition) is 4. The van der Waals surface area contributed by atoms with Gasteiger partial charge >= 0.3 is 12.0 Å². The van der Waals surface area contributed by atoms with Crippen molar-refractivity contribution in [2.45, 2.75) is 26.3 Å². The molecule has 0 aliphatic rings. The number of carboxylic acids is 1. The van der Waals surface area contributed by atoms with Crippen LogP contribution in [0.25, 0.3) is 0 Å². The van der Waals surface area contributed by atoms with Crippen LogP contribution < -0.4 is 10.6 Å². The van der Waals surface area contributed by atoms with Crippen molar-refractivity contribution in [3.8, 4) is 0 Å². The van der Waals surface area contributed by atoms with Gasteiger partial charge in [-0.3, -0.25) is 4.98 Å². The highest BCUT2D eigenvalue weighted by Gasteiger charge is 2.19. The van der Waals surface area contributed by atoms with Crippen LogP contribution >= 0.6 is 11.8 Å². The van der Waals surface area contributed by atoms with Gasteiger partial charge in [-0.1, -0.05) is 0 Å². The zero-order valence-corrected chi connectivity index (χ0v) is 12.6. The molecular formula is C13H19N3O3S. The molecule has 1 atom stereocenters. The average molecular weight is 297 g/mol. The lowest BCUT2D eigenvalue weighted by molar-refractivity contribution is -0.139. The number of pyridine rings is 1. The molecule has 110 valence electrons. The lowest BCUT2D eigenvalue weighted by atomic mass is 10.2. The molecular weight excluding hydrogens is 278 g/mol. The quantitative estimate of drug-likeness (QED) is 0.747. The predicted molar refractivity (Wildman–Crippen MR) is 80.3 cm³/mol. The molecule has 0 saturated carbocycles. The van der Waals surface area contributed by atoms with Crippen LogP contribution in [-0.2, 0) is 4.79 Å². The fourth-order valence-electron chi connectivity index (χ4n) is 1.63. The highest BCUT2D eigenvalue weighted by Crippen LogP contribution is 2.12. The number of carbonyl (C=O) groups excluding carboxylic acids is 1. The molecule has 0 aliphatic heterocycles. The van der Waals surface area contributed by atoms with Crippen molar-refractivity contribution < 1.29 is 14.7 Å². The number of amides is 2. The van der Waals surface area contributed by atoms with Gasteiger partial charge in [-0.25, -0.2) is 9.59 Å². The van der Waals surface area contributed by atoms with Crippen LogP contribution in [-0.4, -0.2) is 40.1 Å². The molecule has 1 heterocycles. The number of carbonyl (C=O) groups is 2. The second-order valence-electron chi connectivity index (χ2n) is 4.36. The molecule has 0 fully saturated rings. The van der Waals surface area contributed by atoms with E-state index >= 15 is 0 Å². The number of carboxylic acid groups (broad SMARTS) is 1. The minimum atomic E-state index is -1.03. The Kier molecular flexibility index (Phi) is 6.30. The summed E-state index contributed by atoms with van der Waals surface area (Å²) in [4.78, 5) is 27.1. The molecule has 1 aromatic heterocycles. The Morgan fingerprint density at radius 1 is 1.40 bits per heavy atom. The smallest absolute Gasteiger partial charge is 0.326 e. The van der Waals surface area contributed by atoms with Crippen molar-refractivity contribution in [3.05, 3.63) is 23.5 Å². The topological polar surface area (TPSA) is 91.3 Å². The maximum atomic E-state index is 11.8. The molecule has 0 unspecified atom stereocenters. The summed E-state index contributed by atoms with van der Waals surface area (Å²) in [5.41, 5.74) is 2.12. The van der Waals surface area contributed by atoms with E-state index in [1.807, 2.05) is 13.2 Å². The first-order valence-corrected chi connectivity index (χ1v) is 7.57. The summed E-state index contributed by atoms with van der Waals surface area (Å²) in [5, 5.41) is 14.1. The summed E-state index contributed by atoms with van der Waals surface area (Å²) in [7, 11) is 0. The molecule has 0 aromatic carbocycles. The van der Waals surface area contributed by atoms with Crippen molar-refractivity contribution in [2.75, 3.05) is 17.3 Å². The Hall–Kier alpha value is -1.76. The van der Waals surface area contributed by atoms with E-state index in [0.29, 0.717) is 23.6 Å². The van der Waals surface area contributed by atoms with Gasteiger partial charge in [-0.05, 0) is 44.4 Å². The summed E-state index contributed by atoms with van der Waals surface area (Å²) in [5.74, 6) is -0.365. The van der Waals surface area contributed by atoms with Crippen molar-refractivity contribution in [1.82, 2.24) is 10.3 Å². The van der Waals surface area contributed by atoms with Crippen molar-refractivity contribution in [1.29, 1.82) is 0 Å². The van der Waals surface area contributed by atoms with E-state index in [4.69, 9.17) is 5.11 Å². The van der Waals surface area contributed by atoms with E-state index < -0.39 is 18.0 Å². The zero-order valence-electron chi connectivity index (χ0n) is 11.8. The molecule has 1 rings (SSSR count). The first-order valence-electron chi connectivity index (χ1n) is 6.17. The largest absolute Gasteiger partial charge is 0.480 e. The number of aryl methyl sites for hydroxylation is 2. The molecule has 0 radical (unpaired) electrons. The number of anilines is 1. The van der Waals surface area contributed by atoms with Gasteiger partial charge in [0.05, 0.1) is 11.4 Å². The second kappa shape index (κ2) is 7.74. The summed E-state index contributed by atoms with van der Waals surface area (Å²) in [6.45, 7) is 3.64. The zero-order chi connectivity index (χ0) is 15.1. The first-order chi connectivity index (χ1) is 9.43. The van der Waals surface area contributed by atoms with E-state index in [0.717, 1.165) is 5.69 Å². The van der Waals surface area contributed by atoms with E-state index in [-0.39, 0.29) is 0 Å². The van der Waals surface area contributed by atoms with Crippen LogP contribution in [0.15, 0.2) is 12.1 Å². The number of urea groups is 1. The van der Waals surface area contributed by atoms with Crippen LogP contribution in [0.1, 0.15) is 17.8 Å². The maximum absolute atomic E-state index is 11.8. The number of aromatic nitrogens is 1. The Balaban J connectivity index is 2.63. The normalized spacial score (nSPS) is 11.8. The third kappa shape index (κ3) is 5.08. The SMILES string of the molecule is CSCC[C@H](NC(=O)Nc1ccc(C)nc1C)C(=O)O. The molecule has 3 N–H and O–H groups in total. The van der Waals surface area contributed by atoms with Gasteiger partial charge in [-0.15, -0.1) is 0 Å². The standard InChI is InChI=1S/C13H19N3O3S/c1-8-4-5-10(9(2)14-8)15-13(19)16-11(12(17)18)6-7-20-3/h4-5,11H,6-7H2,1-3H3,(H,17,18)(H2,15,16,19)/t11-/m0/s1. The number of rotatable bonds is 6. The molecule has 0 bridgehead atoms. The number of aliphatic carboxylic acids is 1. The number of nitrogens with zero attached hydrogens (tertiary/aromatic N) is 1. The van der Waals surface area contributed by atoms with Crippen LogP contribution in [0.4, 0.5) is 10.5 Å². The summed E-state index contributed by atoms with van der Waals surface area (Å²) >= 11 is 1.54. The summed E-state index contributed by atoms with van der Waals surface area (Å²) in [6.07, 6.45) is 2.27.